The number of carbonyl (C=O) groups excluding carboxylic acids is 1. The smallest absolute Gasteiger partial charge is 0.337 e. The van der Waals surface area contributed by atoms with Gasteiger partial charge >= 0.3 is 12.2 Å². The fourth-order valence-electron chi connectivity index (χ4n) is 1.87. The lowest BCUT2D eigenvalue weighted by Gasteiger charge is -2.21. The predicted octanol–water partition coefficient (Wildman–Crippen LogP) is 3.68. The summed E-state index contributed by atoms with van der Waals surface area (Å²) < 4.78 is 38.4. The first-order chi connectivity index (χ1) is 9.97. The number of anilines is 1. The molecule has 1 aliphatic heterocycles. The van der Waals surface area contributed by atoms with Crippen LogP contribution in [0.15, 0.2) is 24.3 Å². The van der Waals surface area contributed by atoms with Crippen LogP contribution in [-0.4, -0.2) is 35.1 Å². The van der Waals surface area contributed by atoms with Crippen molar-refractivity contribution >= 4 is 35.2 Å². The SMILES string of the molecule is O=C(NCC1CSCCS1)Nc1ccccc1C(F)(F)F. The fourth-order valence-corrected chi connectivity index (χ4v) is 4.48. The molecule has 1 aliphatic rings. The number of amides is 2. The molecule has 0 aromatic heterocycles. The van der Waals surface area contributed by atoms with Crippen LogP contribution in [0.25, 0.3) is 0 Å². The molecule has 0 saturated carbocycles. The Labute approximate surface area is 129 Å². The molecule has 2 N–H and O–H groups in total. The second kappa shape index (κ2) is 7.31. The first-order valence-electron chi connectivity index (χ1n) is 6.37. The van der Waals surface area contributed by atoms with Crippen molar-refractivity contribution in [2.24, 2.45) is 0 Å². The van der Waals surface area contributed by atoms with Gasteiger partial charge in [0.1, 0.15) is 0 Å². The van der Waals surface area contributed by atoms with Crippen molar-refractivity contribution < 1.29 is 18.0 Å². The summed E-state index contributed by atoms with van der Waals surface area (Å²) in [6.07, 6.45) is -4.49. The Morgan fingerprint density at radius 1 is 1.29 bits per heavy atom. The molecule has 0 aliphatic carbocycles. The van der Waals surface area contributed by atoms with Crippen LogP contribution in [0.3, 0.4) is 0 Å². The topological polar surface area (TPSA) is 41.1 Å². The number of benzene rings is 1. The second-order valence-electron chi connectivity index (χ2n) is 4.45. The number of hydrogen-bond donors (Lipinski definition) is 2. The van der Waals surface area contributed by atoms with Gasteiger partial charge in [-0.2, -0.15) is 36.7 Å². The zero-order chi connectivity index (χ0) is 15.3. The highest BCUT2D eigenvalue weighted by Crippen LogP contribution is 2.34. The third-order valence-electron chi connectivity index (χ3n) is 2.86. The lowest BCUT2D eigenvalue weighted by molar-refractivity contribution is -0.136. The van der Waals surface area contributed by atoms with E-state index in [1.807, 2.05) is 11.8 Å². The summed E-state index contributed by atoms with van der Waals surface area (Å²) in [7, 11) is 0. The van der Waals surface area contributed by atoms with Crippen molar-refractivity contribution in [3.8, 4) is 0 Å². The maximum atomic E-state index is 12.8. The number of alkyl halides is 3. The first-order valence-corrected chi connectivity index (χ1v) is 8.57. The minimum Gasteiger partial charge on any atom is -0.337 e. The van der Waals surface area contributed by atoms with Crippen LogP contribution >= 0.6 is 23.5 Å². The van der Waals surface area contributed by atoms with Crippen LogP contribution in [0.1, 0.15) is 5.56 Å². The van der Waals surface area contributed by atoms with Crippen molar-refractivity contribution in [1.82, 2.24) is 5.32 Å². The molecule has 3 nitrogen and oxygen atoms in total. The molecule has 1 unspecified atom stereocenters. The molecule has 116 valence electrons. The molecule has 1 fully saturated rings. The Hall–Kier alpha value is -1.02. The average Bonchev–Trinajstić information content (AvgIpc) is 2.46. The zero-order valence-corrected chi connectivity index (χ0v) is 12.7. The maximum absolute atomic E-state index is 12.8. The van der Waals surface area contributed by atoms with E-state index >= 15 is 0 Å². The van der Waals surface area contributed by atoms with Crippen LogP contribution < -0.4 is 10.6 Å². The number of thioether (sulfide) groups is 2. The molecule has 0 spiro atoms. The van der Waals surface area contributed by atoms with Gasteiger partial charge < -0.3 is 10.6 Å². The number of urea groups is 1. The van der Waals surface area contributed by atoms with Crippen LogP contribution in [0, 0.1) is 0 Å². The van der Waals surface area contributed by atoms with Gasteiger partial charge in [0.2, 0.25) is 0 Å². The highest BCUT2D eigenvalue weighted by Gasteiger charge is 2.33. The average molecular weight is 336 g/mol. The molecule has 1 atom stereocenters. The van der Waals surface area contributed by atoms with Crippen molar-refractivity contribution in [3.05, 3.63) is 29.8 Å². The number of para-hydroxylation sites is 1. The number of halogens is 3. The quantitative estimate of drug-likeness (QED) is 0.885. The van der Waals surface area contributed by atoms with Crippen molar-refractivity contribution in [1.29, 1.82) is 0 Å². The molecule has 21 heavy (non-hydrogen) atoms. The first kappa shape index (κ1) is 16.4. The van der Waals surface area contributed by atoms with E-state index in [0.29, 0.717) is 11.8 Å². The van der Waals surface area contributed by atoms with Gasteiger partial charge in [0.05, 0.1) is 11.3 Å². The normalized spacial score (nSPS) is 19.1. The molecular formula is C13H15F3N2OS2. The Morgan fingerprint density at radius 3 is 2.71 bits per heavy atom. The van der Waals surface area contributed by atoms with Gasteiger partial charge in [-0.05, 0) is 12.1 Å². The summed E-state index contributed by atoms with van der Waals surface area (Å²) in [6.45, 7) is 0.456. The molecular weight excluding hydrogens is 321 g/mol. The standard InChI is InChI=1S/C13H15F3N2OS2/c14-13(15,16)10-3-1-2-4-11(10)18-12(19)17-7-9-8-20-5-6-21-9/h1-4,9H,5-8H2,(H2,17,18,19). The third kappa shape index (κ3) is 5.03. The molecule has 2 amide bonds. The number of carbonyl (C=O) groups is 1. The summed E-state index contributed by atoms with van der Waals surface area (Å²) in [5.41, 5.74) is -1.07. The number of rotatable bonds is 3. The van der Waals surface area contributed by atoms with Crippen LogP contribution in [0.2, 0.25) is 0 Å². The molecule has 1 heterocycles. The van der Waals surface area contributed by atoms with E-state index in [1.54, 1.807) is 11.8 Å². The fraction of sp³-hybridized carbons (Fsp3) is 0.462. The van der Waals surface area contributed by atoms with Gasteiger partial charge in [0, 0.05) is 29.1 Å². The van der Waals surface area contributed by atoms with E-state index in [0.717, 1.165) is 23.3 Å². The Morgan fingerprint density at radius 2 is 2.05 bits per heavy atom. The Bertz CT molecular complexity index is 491. The van der Waals surface area contributed by atoms with E-state index in [2.05, 4.69) is 10.6 Å². The zero-order valence-electron chi connectivity index (χ0n) is 11.1. The van der Waals surface area contributed by atoms with Gasteiger partial charge in [0.25, 0.3) is 0 Å². The van der Waals surface area contributed by atoms with E-state index in [4.69, 9.17) is 0 Å². The molecule has 1 saturated heterocycles. The van der Waals surface area contributed by atoms with Gasteiger partial charge in [-0.25, -0.2) is 4.79 Å². The summed E-state index contributed by atoms with van der Waals surface area (Å²) in [4.78, 5) is 11.7. The summed E-state index contributed by atoms with van der Waals surface area (Å²) >= 11 is 3.60. The molecule has 8 heteroatoms. The summed E-state index contributed by atoms with van der Waals surface area (Å²) in [6, 6.07) is 4.33. The monoisotopic (exact) mass is 336 g/mol. The van der Waals surface area contributed by atoms with Crippen molar-refractivity contribution in [2.75, 3.05) is 29.1 Å². The van der Waals surface area contributed by atoms with Gasteiger partial charge in [-0.1, -0.05) is 12.1 Å². The lowest BCUT2D eigenvalue weighted by atomic mass is 10.1. The minimum atomic E-state index is -4.49. The lowest BCUT2D eigenvalue weighted by Crippen LogP contribution is -2.36. The highest BCUT2D eigenvalue weighted by molar-refractivity contribution is 8.06. The largest absolute Gasteiger partial charge is 0.418 e. The van der Waals surface area contributed by atoms with E-state index in [-0.39, 0.29) is 5.69 Å². The van der Waals surface area contributed by atoms with Crippen LogP contribution in [0.5, 0.6) is 0 Å². The van der Waals surface area contributed by atoms with Crippen molar-refractivity contribution in [3.63, 3.8) is 0 Å². The Kier molecular flexibility index (Phi) is 5.69. The number of nitrogens with one attached hydrogen (secondary N) is 2. The second-order valence-corrected chi connectivity index (χ2v) is 7.00. The molecule has 0 bridgehead atoms. The van der Waals surface area contributed by atoms with Gasteiger partial charge in [-0.3, -0.25) is 0 Å². The maximum Gasteiger partial charge on any atom is 0.418 e. The van der Waals surface area contributed by atoms with E-state index < -0.39 is 17.8 Å². The summed E-state index contributed by atoms with van der Waals surface area (Å²) in [5, 5.41) is 5.21. The Balaban J connectivity index is 1.90. The minimum absolute atomic E-state index is 0.229. The summed E-state index contributed by atoms with van der Waals surface area (Å²) in [5.74, 6) is 3.09. The highest BCUT2D eigenvalue weighted by atomic mass is 32.2. The van der Waals surface area contributed by atoms with E-state index in [1.165, 1.54) is 18.2 Å². The molecule has 1 aromatic carbocycles. The predicted molar refractivity (Wildman–Crippen MR) is 82.0 cm³/mol. The molecule has 2 rings (SSSR count). The van der Waals surface area contributed by atoms with Gasteiger partial charge in [0.15, 0.2) is 0 Å². The van der Waals surface area contributed by atoms with Crippen LogP contribution in [-0.2, 0) is 6.18 Å². The molecule has 1 aromatic rings. The molecule has 0 radical (unpaired) electrons. The number of hydrogen-bond acceptors (Lipinski definition) is 3. The van der Waals surface area contributed by atoms with Crippen LogP contribution in [0.4, 0.5) is 23.7 Å². The van der Waals surface area contributed by atoms with Crippen molar-refractivity contribution in [2.45, 2.75) is 11.4 Å². The third-order valence-corrected chi connectivity index (χ3v) is 5.70. The van der Waals surface area contributed by atoms with E-state index in [9.17, 15) is 18.0 Å². The van der Waals surface area contributed by atoms with Gasteiger partial charge in [-0.15, -0.1) is 0 Å².